The minimum absolute atomic E-state index is 0.0815. The number of oxazole rings is 1. The first-order valence-electron chi connectivity index (χ1n) is 5.83. The number of fused-ring (bicyclic) bond motifs is 1. The van der Waals surface area contributed by atoms with Gasteiger partial charge in [-0.3, -0.25) is 4.79 Å². The lowest BCUT2D eigenvalue weighted by Crippen LogP contribution is -2.19. The standard InChI is InChI=1S/C13H15BrN2O2/c1-7(2)13-16-10-6-9(4-5-11(10)18-13)15-12(17)8(3)14/h4-8H,1-3H3,(H,15,17). The van der Waals surface area contributed by atoms with Gasteiger partial charge in [0.2, 0.25) is 5.91 Å². The number of nitrogens with zero attached hydrogens (tertiary/aromatic N) is 1. The molecule has 0 bridgehead atoms. The number of halogens is 1. The fourth-order valence-corrected chi connectivity index (χ4v) is 1.63. The summed E-state index contributed by atoms with van der Waals surface area (Å²) in [5.74, 6) is 0.877. The topological polar surface area (TPSA) is 55.1 Å². The molecule has 0 spiro atoms. The zero-order chi connectivity index (χ0) is 13.3. The summed E-state index contributed by atoms with van der Waals surface area (Å²) in [5.41, 5.74) is 2.23. The van der Waals surface area contributed by atoms with Gasteiger partial charge in [-0.2, -0.15) is 0 Å². The molecule has 1 heterocycles. The second-order valence-electron chi connectivity index (χ2n) is 4.49. The third-order valence-electron chi connectivity index (χ3n) is 2.53. The Hall–Kier alpha value is -1.36. The second kappa shape index (κ2) is 5.10. The lowest BCUT2D eigenvalue weighted by Gasteiger charge is -2.05. The Morgan fingerprint density at radius 1 is 1.39 bits per heavy atom. The fourth-order valence-electron chi connectivity index (χ4n) is 1.51. The fraction of sp³-hybridized carbons (Fsp3) is 0.385. The van der Waals surface area contributed by atoms with Crippen LogP contribution < -0.4 is 5.32 Å². The van der Waals surface area contributed by atoms with Gasteiger partial charge in [-0.15, -0.1) is 0 Å². The van der Waals surface area contributed by atoms with Gasteiger partial charge in [0.15, 0.2) is 11.5 Å². The van der Waals surface area contributed by atoms with Gasteiger partial charge in [0.05, 0.1) is 4.83 Å². The lowest BCUT2D eigenvalue weighted by atomic mass is 10.2. The van der Waals surface area contributed by atoms with Crippen molar-refractivity contribution < 1.29 is 9.21 Å². The molecule has 1 aromatic carbocycles. The van der Waals surface area contributed by atoms with Gasteiger partial charge in [0, 0.05) is 11.6 Å². The van der Waals surface area contributed by atoms with Crippen LogP contribution in [0.25, 0.3) is 11.1 Å². The molecule has 1 N–H and O–H groups in total. The lowest BCUT2D eigenvalue weighted by molar-refractivity contribution is -0.115. The average molecular weight is 311 g/mol. The molecule has 5 heteroatoms. The number of amides is 1. The highest BCUT2D eigenvalue weighted by atomic mass is 79.9. The number of benzene rings is 1. The first-order chi connectivity index (χ1) is 8.47. The van der Waals surface area contributed by atoms with Crippen molar-refractivity contribution in [1.29, 1.82) is 0 Å². The zero-order valence-electron chi connectivity index (χ0n) is 10.5. The van der Waals surface area contributed by atoms with E-state index in [4.69, 9.17) is 4.42 Å². The van der Waals surface area contributed by atoms with E-state index in [0.29, 0.717) is 5.89 Å². The molecule has 1 atom stereocenters. The van der Waals surface area contributed by atoms with Gasteiger partial charge < -0.3 is 9.73 Å². The first kappa shape index (κ1) is 13.1. The molecule has 1 unspecified atom stereocenters. The van der Waals surface area contributed by atoms with E-state index in [-0.39, 0.29) is 16.7 Å². The van der Waals surface area contributed by atoms with Crippen LogP contribution in [0.15, 0.2) is 22.6 Å². The van der Waals surface area contributed by atoms with Crippen LogP contribution in [0, 0.1) is 0 Å². The third-order valence-corrected chi connectivity index (χ3v) is 2.94. The monoisotopic (exact) mass is 310 g/mol. The number of carbonyl (C=O) groups is 1. The Balaban J connectivity index is 2.29. The number of anilines is 1. The van der Waals surface area contributed by atoms with E-state index < -0.39 is 0 Å². The summed E-state index contributed by atoms with van der Waals surface area (Å²) < 4.78 is 5.60. The van der Waals surface area contributed by atoms with E-state index in [1.807, 2.05) is 32.0 Å². The Morgan fingerprint density at radius 3 is 2.72 bits per heavy atom. The summed E-state index contributed by atoms with van der Waals surface area (Å²) in [7, 11) is 0. The number of rotatable bonds is 3. The minimum Gasteiger partial charge on any atom is -0.440 e. The molecular formula is C13H15BrN2O2. The van der Waals surface area contributed by atoms with Crippen molar-refractivity contribution in [2.45, 2.75) is 31.5 Å². The number of nitrogens with one attached hydrogen (secondary N) is 1. The molecule has 96 valence electrons. The number of hydrogen-bond acceptors (Lipinski definition) is 3. The molecule has 18 heavy (non-hydrogen) atoms. The third kappa shape index (κ3) is 2.72. The molecule has 4 nitrogen and oxygen atoms in total. The maximum Gasteiger partial charge on any atom is 0.237 e. The summed E-state index contributed by atoms with van der Waals surface area (Å²) in [6.07, 6.45) is 0. The minimum atomic E-state index is -0.225. The predicted octanol–water partition coefficient (Wildman–Crippen LogP) is 3.67. The van der Waals surface area contributed by atoms with Gasteiger partial charge in [-0.25, -0.2) is 4.98 Å². The molecule has 0 saturated carbocycles. The molecular weight excluding hydrogens is 296 g/mol. The SMILES string of the molecule is CC(Br)C(=O)Nc1ccc2oc(C(C)C)nc2c1. The van der Waals surface area contributed by atoms with E-state index in [0.717, 1.165) is 16.8 Å². The quantitative estimate of drug-likeness (QED) is 0.880. The van der Waals surface area contributed by atoms with E-state index >= 15 is 0 Å². The average Bonchev–Trinajstić information content (AvgIpc) is 2.71. The van der Waals surface area contributed by atoms with E-state index in [2.05, 4.69) is 26.2 Å². The molecule has 2 rings (SSSR count). The molecule has 0 aliphatic rings. The molecule has 0 fully saturated rings. The number of carbonyl (C=O) groups excluding carboxylic acids is 1. The summed E-state index contributed by atoms with van der Waals surface area (Å²) in [6, 6.07) is 5.45. The zero-order valence-corrected chi connectivity index (χ0v) is 12.1. The molecule has 0 aliphatic heterocycles. The Bertz CT molecular complexity index is 575. The molecule has 0 aliphatic carbocycles. The van der Waals surface area contributed by atoms with Crippen molar-refractivity contribution in [1.82, 2.24) is 4.98 Å². The van der Waals surface area contributed by atoms with E-state index in [1.165, 1.54) is 0 Å². The van der Waals surface area contributed by atoms with Gasteiger partial charge in [0.25, 0.3) is 0 Å². The maximum absolute atomic E-state index is 11.6. The molecule has 0 saturated heterocycles. The van der Waals surface area contributed by atoms with Crippen LogP contribution in [-0.2, 0) is 4.79 Å². The molecule has 0 radical (unpaired) electrons. The Morgan fingerprint density at radius 2 is 2.11 bits per heavy atom. The summed E-state index contributed by atoms with van der Waals surface area (Å²) >= 11 is 3.22. The van der Waals surface area contributed by atoms with Gasteiger partial charge >= 0.3 is 0 Å². The van der Waals surface area contributed by atoms with Gasteiger partial charge in [-0.1, -0.05) is 29.8 Å². The van der Waals surface area contributed by atoms with Crippen LogP contribution in [0.1, 0.15) is 32.6 Å². The highest BCUT2D eigenvalue weighted by molar-refractivity contribution is 9.10. The summed E-state index contributed by atoms with van der Waals surface area (Å²) in [6.45, 7) is 5.83. The van der Waals surface area contributed by atoms with Crippen LogP contribution in [0.4, 0.5) is 5.69 Å². The maximum atomic E-state index is 11.6. The number of aromatic nitrogens is 1. The summed E-state index contributed by atoms with van der Waals surface area (Å²) in [4.78, 5) is 15.7. The predicted molar refractivity (Wildman–Crippen MR) is 75.1 cm³/mol. The highest BCUT2D eigenvalue weighted by Crippen LogP contribution is 2.23. The van der Waals surface area contributed by atoms with Crippen molar-refractivity contribution >= 4 is 38.6 Å². The normalized spacial score (nSPS) is 12.9. The van der Waals surface area contributed by atoms with Crippen molar-refractivity contribution in [3.8, 4) is 0 Å². The van der Waals surface area contributed by atoms with Crippen LogP contribution >= 0.6 is 15.9 Å². The van der Waals surface area contributed by atoms with E-state index in [1.54, 1.807) is 6.92 Å². The molecule has 1 amide bonds. The van der Waals surface area contributed by atoms with Crippen LogP contribution in [0.2, 0.25) is 0 Å². The van der Waals surface area contributed by atoms with Crippen molar-refractivity contribution in [3.63, 3.8) is 0 Å². The van der Waals surface area contributed by atoms with Gasteiger partial charge in [-0.05, 0) is 25.1 Å². The van der Waals surface area contributed by atoms with Crippen molar-refractivity contribution in [2.24, 2.45) is 0 Å². The van der Waals surface area contributed by atoms with Crippen molar-refractivity contribution in [2.75, 3.05) is 5.32 Å². The smallest absolute Gasteiger partial charge is 0.237 e. The largest absolute Gasteiger partial charge is 0.440 e. The Kier molecular flexibility index (Phi) is 3.71. The van der Waals surface area contributed by atoms with Gasteiger partial charge in [0.1, 0.15) is 5.52 Å². The number of hydrogen-bond donors (Lipinski definition) is 1. The van der Waals surface area contributed by atoms with Crippen LogP contribution in [0.3, 0.4) is 0 Å². The van der Waals surface area contributed by atoms with Crippen LogP contribution in [0.5, 0.6) is 0 Å². The van der Waals surface area contributed by atoms with E-state index in [9.17, 15) is 4.79 Å². The second-order valence-corrected chi connectivity index (χ2v) is 5.87. The first-order valence-corrected chi connectivity index (χ1v) is 6.74. The Labute approximate surface area is 114 Å². The number of alkyl halides is 1. The summed E-state index contributed by atoms with van der Waals surface area (Å²) in [5, 5.41) is 2.80. The molecule has 2 aromatic rings. The molecule has 1 aromatic heterocycles. The van der Waals surface area contributed by atoms with Crippen LogP contribution in [-0.4, -0.2) is 15.7 Å². The highest BCUT2D eigenvalue weighted by Gasteiger charge is 2.12. The van der Waals surface area contributed by atoms with Crippen molar-refractivity contribution in [3.05, 3.63) is 24.1 Å².